The van der Waals surface area contributed by atoms with Crippen LogP contribution in [0.1, 0.15) is 52.8 Å². The highest BCUT2D eigenvalue weighted by molar-refractivity contribution is 6.37. The van der Waals surface area contributed by atoms with Crippen LogP contribution in [0.3, 0.4) is 0 Å². The molecule has 4 rings (SSSR count). The Morgan fingerprint density at radius 2 is 1.59 bits per heavy atom. The summed E-state index contributed by atoms with van der Waals surface area (Å²) in [5, 5.41) is 19.7. The van der Waals surface area contributed by atoms with E-state index in [1.54, 1.807) is 4.90 Å². The molecule has 2 N–H and O–H groups in total. The number of benzene rings is 2. The topological polar surface area (TPSA) is 107 Å². The Labute approximate surface area is 206 Å². The molecule has 2 aromatic rings. The zero-order valence-corrected chi connectivity index (χ0v) is 19.8. The number of amides is 2. The first-order chi connectivity index (χ1) is 16.3. The van der Waals surface area contributed by atoms with Crippen LogP contribution in [0.5, 0.6) is 17.2 Å². The zero-order valence-electron chi connectivity index (χ0n) is 18.3. The maximum atomic E-state index is 12.9. The van der Waals surface area contributed by atoms with E-state index < -0.39 is 17.9 Å². The van der Waals surface area contributed by atoms with Crippen molar-refractivity contribution in [3.05, 3.63) is 51.5 Å². The van der Waals surface area contributed by atoms with Gasteiger partial charge < -0.3 is 24.7 Å². The van der Waals surface area contributed by atoms with E-state index in [-0.39, 0.29) is 44.3 Å². The maximum Gasteiger partial charge on any atom is 0.326 e. The Morgan fingerprint density at radius 3 is 2.24 bits per heavy atom. The van der Waals surface area contributed by atoms with Crippen molar-refractivity contribution in [2.75, 3.05) is 19.6 Å². The van der Waals surface area contributed by atoms with E-state index in [0.717, 1.165) is 19.3 Å². The minimum Gasteiger partial charge on any atom is -0.507 e. The summed E-state index contributed by atoms with van der Waals surface area (Å²) in [6, 6.07) is 6.15. The highest BCUT2D eigenvalue weighted by Gasteiger charge is 2.35. The van der Waals surface area contributed by atoms with Gasteiger partial charge in [-0.15, -0.1) is 0 Å². The van der Waals surface area contributed by atoms with Crippen LogP contribution in [0.25, 0.3) is 0 Å². The van der Waals surface area contributed by atoms with Gasteiger partial charge in [0.25, 0.3) is 11.8 Å². The van der Waals surface area contributed by atoms with Crippen LogP contribution in [0.2, 0.25) is 10.0 Å². The van der Waals surface area contributed by atoms with Crippen molar-refractivity contribution in [2.24, 2.45) is 0 Å². The lowest BCUT2D eigenvalue weighted by molar-refractivity contribution is -0.141. The van der Waals surface area contributed by atoms with Crippen molar-refractivity contribution in [3.8, 4) is 17.2 Å². The third-order valence-electron chi connectivity index (χ3n) is 6.11. The lowest BCUT2D eigenvalue weighted by Crippen LogP contribution is -2.40. The fourth-order valence-electron chi connectivity index (χ4n) is 4.35. The Hall–Kier alpha value is -2.97. The van der Waals surface area contributed by atoms with E-state index in [4.69, 9.17) is 27.9 Å². The maximum absolute atomic E-state index is 12.9. The molecule has 2 heterocycles. The summed E-state index contributed by atoms with van der Waals surface area (Å²) in [7, 11) is 0. The second kappa shape index (κ2) is 10.1. The molecule has 2 aliphatic rings. The molecule has 0 bridgehead atoms. The normalized spacial score (nSPS) is 18.1. The molecule has 0 saturated carbocycles. The van der Waals surface area contributed by atoms with Gasteiger partial charge in [0.1, 0.15) is 17.5 Å². The number of aliphatic carboxylic acids is 1. The summed E-state index contributed by atoms with van der Waals surface area (Å²) in [5.74, 6) is -1.63. The van der Waals surface area contributed by atoms with Gasteiger partial charge in [0, 0.05) is 25.2 Å². The predicted molar refractivity (Wildman–Crippen MR) is 126 cm³/mol. The molecular weight excluding hydrogens is 483 g/mol. The quantitative estimate of drug-likeness (QED) is 0.602. The van der Waals surface area contributed by atoms with Gasteiger partial charge in [0.05, 0.1) is 15.6 Å². The van der Waals surface area contributed by atoms with Crippen LogP contribution in [0.15, 0.2) is 30.3 Å². The summed E-state index contributed by atoms with van der Waals surface area (Å²) in [6.07, 6.45) is 3.91. The Bertz CT molecular complexity index is 1110. The van der Waals surface area contributed by atoms with Crippen LogP contribution >= 0.6 is 23.2 Å². The van der Waals surface area contributed by atoms with Crippen LogP contribution in [0, 0.1) is 0 Å². The first-order valence-electron chi connectivity index (χ1n) is 11.1. The Morgan fingerprint density at radius 1 is 0.912 bits per heavy atom. The molecule has 0 aromatic heterocycles. The van der Waals surface area contributed by atoms with Gasteiger partial charge in [0.2, 0.25) is 0 Å². The van der Waals surface area contributed by atoms with Crippen molar-refractivity contribution in [1.29, 1.82) is 0 Å². The van der Waals surface area contributed by atoms with E-state index in [1.807, 2.05) is 0 Å². The minimum atomic E-state index is -1.05. The number of ether oxygens (including phenoxy) is 1. The number of carbonyl (C=O) groups is 3. The second-order valence-corrected chi connectivity index (χ2v) is 9.21. The third-order valence-corrected chi connectivity index (χ3v) is 6.67. The molecule has 2 amide bonds. The molecule has 2 aromatic carbocycles. The van der Waals surface area contributed by atoms with Gasteiger partial charge in [0.15, 0.2) is 5.75 Å². The smallest absolute Gasteiger partial charge is 0.326 e. The highest BCUT2D eigenvalue weighted by Crippen LogP contribution is 2.39. The standard InChI is InChI=1S/C24H24Cl2N2O6/c25-17-11-14(22(30)28-10-4-5-19(28)24(32)33)12-18(26)21(17)34-15-6-7-20(29)16(13-15)23(31)27-8-2-1-3-9-27/h6-7,11-13,19,29H,1-5,8-10H2,(H,32,33)/t19-/m0/s1. The number of likely N-dealkylation sites (tertiary alicyclic amines) is 2. The number of carboxylic acids is 1. The fraction of sp³-hybridized carbons (Fsp3) is 0.375. The molecule has 0 aliphatic carbocycles. The molecule has 0 unspecified atom stereocenters. The number of phenolic OH excluding ortho intramolecular Hbond substituents is 1. The summed E-state index contributed by atoms with van der Waals surface area (Å²) < 4.78 is 5.83. The van der Waals surface area contributed by atoms with E-state index >= 15 is 0 Å². The molecule has 34 heavy (non-hydrogen) atoms. The molecule has 2 saturated heterocycles. The molecule has 1 atom stereocenters. The van der Waals surface area contributed by atoms with Crippen molar-refractivity contribution in [1.82, 2.24) is 9.80 Å². The van der Waals surface area contributed by atoms with Crippen molar-refractivity contribution >= 4 is 41.0 Å². The fourth-order valence-corrected chi connectivity index (χ4v) is 4.91. The monoisotopic (exact) mass is 506 g/mol. The van der Waals surface area contributed by atoms with Crippen LogP contribution in [-0.2, 0) is 4.79 Å². The van der Waals surface area contributed by atoms with Crippen molar-refractivity contribution in [3.63, 3.8) is 0 Å². The number of hydrogen-bond acceptors (Lipinski definition) is 5. The molecule has 0 radical (unpaired) electrons. The van der Waals surface area contributed by atoms with Gasteiger partial charge in [-0.05, 0) is 62.4 Å². The SMILES string of the molecule is O=C(O)[C@@H]1CCCN1C(=O)c1cc(Cl)c(Oc2ccc(O)c(C(=O)N3CCCCC3)c2)c(Cl)c1. The van der Waals surface area contributed by atoms with Gasteiger partial charge in [-0.2, -0.15) is 0 Å². The average molecular weight is 507 g/mol. The van der Waals surface area contributed by atoms with E-state index in [0.29, 0.717) is 32.5 Å². The summed E-state index contributed by atoms with van der Waals surface area (Å²) in [4.78, 5) is 40.2. The molecule has 10 heteroatoms. The number of halogens is 2. The second-order valence-electron chi connectivity index (χ2n) is 8.40. The number of rotatable bonds is 5. The van der Waals surface area contributed by atoms with Crippen LogP contribution < -0.4 is 4.74 Å². The van der Waals surface area contributed by atoms with Crippen LogP contribution in [0.4, 0.5) is 0 Å². The van der Waals surface area contributed by atoms with Crippen molar-refractivity contribution < 1.29 is 29.3 Å². The number of carbonyl (C=O) groups excluding carboxylic acids is 2. The number of phenols is 1. The molecule has 8 nitrogen and oxygen atoms in total. The van der Waals surface area contributed by atoms with E-state index in [2.05, 4.69) is 0 Å². The average Bonchev–Trinajstić information content (AvgIpc) is 3.32. The van der Waals surface area contributed by atoms with Gasteiger partial charge in [-0.3, -0.25) is 9.59 Å². The summed E-state index contributed by atoms with van der Waals surface area (Å²) >= 11 is 12.7. The molecule has 2 aliphatic heterocycles. The van der Waals surface area contributed by atoms with Gasteiger partial charge in [-0.25, -0.2) is 4.79 Å². The first-order valence-corrected chi connectivity index (χ1v) is 11.8. The lowest BCUT2D eigenvalue weighted by atomic mass is 10.1. The summed E-state index contributed by atoms with van der Waals surface area (Å²) in [5.41, 5.74) is 0.273. The lowest BCUT2D eigenvalue weighted by Gasteiger charge is -2.27. The van der Waals surface area contributed by atoms with E-state index in [9.17, 15) is 24.6 Å². The number of aromatic hydroxyl groups is 1. The molecule has 2 fully saturated rings. The summed E-state index contributed by atoms with van der Waals surface area (Å²) in [6.45, 7) is 1.61. The molecule has 180 valence electrons. The number of piperidine rings is 1. The first kappa shape index (κ1) is 24.2. The predicted octanol–water partition coefficient (Wildman–Crippen LogP) is 4.81. The largest absolute Gasteiger partial charge is 0.507 e. The molecular formula is C24H24Cl2N2O6. The minimum absolute atomic E-state index is 0.0545. The third kappa shape index (κ3) is 4.93. The van der Waals surface area contributed by atoms with Crippen LogP contribution in [-0.4, -0.2) is 63.5 Å². The highest BCUT2D eigenvalue weighted by atomic mass is 35.5. The van der Waals surface area contributed by atoms with Gasteiger partial charge >= 0.3 is 5.97 Å². The van der Waals surface area contributed by atoms with Gasteiger partial charge in [-0.1, -0.05) is 23.2 Å². The number of nitrogens with zero attached hydrogens (tertiary/aromatic N) is 2. The molecule has 0 spiro atoms. The Kier molecular flexibility index (Phi) is 7.19. The van der Waals surface area contributed by atoms with Crippen molar-refractivity contribution in [2.45, 2.75) is 38.1 Å². The number of carboxylic acid groups (broad SMARTS) is 1. The Balaban J connectivity index is 1.56. The zero-order chi connectivity index (χ0) is 24.4. The number of hydrogen-bond donors (Lipinski definition) is 2. The van der Waals surface area contributed by atoms with E-state index in [1.165, 1.54) is 35.2 Å².